The van der Waals surface area contributed by atoms with E-state index >= 15 is 0 Å². The molecule has 2 N–H and O–H groups in total. The van der Waals surface area contributed by atoms with E-state index in [9.17, 15) is 4.79 Å². The largest absolute Gasteiger partial charge is 0.337 e. The quantitative estimate of drug-likeness (QED) is 0.789. The van der Waals surface area contributed by atoms with Crippen molar-refractivity contribution in [3.8, 4) is 0 Å². The van der Waals surface area contributed by atoms with E-state index in [0.29, 0.717) is 18.2 Å². The molecular formula is C9H14N4OS. The molecule has 1 unspecified atom stereocenters. The zero-order chi connectivity index (χ0) is 10.7. The molecule has 2 rings (SSSR count). The van der Waals surface area contributed by atoms with E-state index in [1.165, 1.54) is 11.5 Å². The van der Waals surface area contributed by atoms with E-state index in [4.69, 9.17) is 5.73 Å². The smallest absolute Gasteiger partial charge is 0.275 e. The molecule has 5 nitrogen and oxygen atoms in total. The summed E-state index contributed by atoms with van der Waals surface area (Å²) in [6.07, 6.45) is 2.15. The first kappa shape index (κ1) is 10.5. The van der Waals surface area contributed by atoms with Crippen LogP contribution in [0.3, 0.4) is 0 Å². The molecule has 6 heteroatoms. The summed E-state index contributed by atoms with van der Waals surface area (Å²) < 4.78 is 3.70. The predicted molar refractivity (Wildman–Crippen MR) is 57.6 cm³/mol. The van der Waals surface area contributed by atoms with Crippen LogP contribution in [-0.4, -0.2) is 40.0 Å². The Hall–Kier alpha value is -1.01. The van der Waals surface area contributed by atoms with Gasteiger partial charge in [0.05, 0.1) is 0 Å². The molecule has 0 radical (unpaired) electrons. The SMILES string of the molecule is NCC1CCCN(C(=O)c2csnn2)C1. The van der Waals surface area contributed by atoms with E-state index < -0.39 is 0 Å². The minimum absolute atomic E-state index is 0.0121. The Bertz CT molecular complexity index is 327. The summed E-state index contributed by atoms with van der Waals surface area (Å²) in [5, 5.41) is 5.48. The molecular weight excluding hydrogens is 212 g/mol. The topological polar surface area (TPSA) is 72.1 Å². The van der Waals surface area contributed by atoms with Gasteiger partial charge in [0.25, 0.3) is 5.91 Å². The third-order valence-electron chi connectivity index (χ3n) is 2.72. The van der Waals surface area contributed by atoms with Gasteiger partial charge in [-0.25, -0.2) is 0 Å². The second-order valence-corrected chi connectivity index (χ2v) is 4.40. The van der Waals surface area contributed by atoms with Crippen LogP contribution in [0.2, 0.25) is 0 Å². The van der Waals surface area contributed by atoms with Crippen LogP contribution in [0.15, 0.2) is 5.38 Å². The highest BCUT2D eigenvalue weighted by Crippen LogP contribution is 2.17. The molecule has 1 fully saturated rings. The van der Waals surface area contributed by atoms with Crippen LogP contribution in [0.1, 0.15) is 23.3 Å². The summed E-state index contributed by atoms with van der Waals surface area (Å²) in [6, 6.07) is 0. The zero-order valence-corrected chi connectivity index (χ0v) is 9.24. The molecule has 0 aromatic carbocycles. The summed E-state index contributed by atoms with van der Waals surface area (Å²) >= 11 is 1.21. The first-order valence-corrected chi connectivity index (χ1v) is 5.91. The Balaban J connectivity index is 2.01. The van der Waals surface area contributed by atoms with Crippen molar-refractivity contribution in [1.29, 1.82) is 0 Å². The average molecular weight is 226 g/mol. The van der Waals surface area contributed by atoms with E-state index in [-0.39, 0.29) is 5.91 Å². The number of rotatable bonds is 2. The molecule has 82 valence electrons. The number of amides is 1. The Morgan fingerprint density at radius 1 is 1.73 bits per heavy atom. The zero-order valence-electron chi connectivity index (χ0n) is 8.43. The van der Waals surface area contributed by atoms with Crippen LogP contribution < -0.4 is 5.73 Å². The Morgan fingerprint density at radius 3 is 3.27 bits per heavy atom. The fourth-order valence-electron chi connectivity index (χ4n) is 1.86. The van der Waals surface area contributed by atoms with Crippen LogP contribution in [0.4, 0.5) is 0 Å². The number of carbonyl (C=O) groups is 1. The number of aromatic nitrogens is 2. The summed E-state index contributed by atoms with van der Waals surface area (Å²) in [7, 11) is 0. The standard InChI is InChI=1S/C9H14N4OS/c10-4-7-2-1-3-13(5-7)9(14)8-6-15-12-11-8/h6-7H,1-5,10H2. The van der Waals surface area contributed by atoms with Crippen LogP contribution in [0.5, 0.6) is 0 Å². The van der Waals surface area contributed by atoms with Gasteiger partial charge in [-0.3, -0.25) is 4.79 Å². The summed E-state index contributed by atoms with van der Waals surface area (Å²) in [5.74, 6) is 0.427. The van der Waals surface area contributed by atoms with Gasteiger partial charge in [-0.2, -0.15) is 0 Å². The van der Waals surface area contributed by atoms with Crippen molar-refractivity contribution in [2.24, 2.45) is 11.7 Å². The molecule has 1 aliphatic rings. The molecule has 15 heavy (non-hydrogen) atoms. The van der Waals surface area contributed by atoms with Crippen molar-refractivity contribution in [3.05, 3.63) is 11.1 Å². The van der Waals surface area contributed by atoms with Gasteiger partial charge in [0, 0.05) is 18.5 Å². The van der Waals surface area contributed by atoms with Gasteiger partial charge in [-0.15, -0.1) is 5.10 Å². The monoisotopic (exact) mass is 226 g/mol. The Labute approximate surface area is 92.4 Å². The minimum atomic E-state index is -0.0121. The lowest BCUT2D eigenvalue weighted by Crippen LogP contribution is -2.42. The van der Waals surface area contributed by atoms with Gasteiger partial charge in [0.1, 0.15) is 0 Å². The van der Waals surface area contributed by atoms with Crippen LogP contribution >= 0.6 is 11.5 Å². The number of nitrogens with two attached hydrogens (primary N) is 1. The van der Waals surface area contributed by atoms with Crippen molar-refractivity contribution in [2.75, 3.05) is 19.6 Å². The first-order chi connectivity index (χ1) is 7.31. The van der Waals surface area contributed by atoms with Crippen molar-refractivity contribution in [3.63, 3.8) is 0 Å². The lowest BCUT2D eigenvalue weighted by molar-refractivity contribution is 0.0672. The Morgan fingerprint density at radius 2 is 2.60 bits per heavy atom. The van der Waals surface area contributed by atoms with E-state index in [0.717, 1.165) is 25.9 Å². The maximum absolute atomic E-state index is 11.9. The second-order valence-electron chi connectivity index (χ2n) is 3.79. The summed E-state index contributed by atoms with van der Waals surface area (Å²) in [6.45, 7) is 2.22. The van der Waals surface area contributed by atoms with Crippen LogP contribution in [-0.2, 0) is 0 Å². The second kappa shape index (κ2) is 4.67. The van der Waals surface area contributed by atoms with Crippen molar-refractivity contribution in [2.45, 2.75) is 12.8 Å². The van der Waals surface area contributed by atoms with E-state index in [1.807, 2.05) is 4.90 Å². The van der Waals surface area contributed by atoms with Gasteiger partial charge >= 0.3 is 0 Å². The van der Waals surface area contributed by atoms with Gasteiger partial charge in [0.2, 0.25) is 0 Å². The third kappa shape index (κ3) is 2.32. The minimum Gasteiger partial charge on any atom is -0.337 e. The van der Waals surface area contributed by atoms with Crippen molar-refractivity contribution < 1.29 is 4.79 Å². The number of carbonyl (C=O) groups excluding carboxylic acids is 1. The van der Waals surface area contributed by atoms with Crippen molar-refractivity contribution in [1.82, 2.24) is 14.5 Å². The maximum Gasteiger partial charge on any atom is 0.275 e. The molecule has 1 atom stereocenters. The van der Waals surface area contributed by atoms with E-state index in [1.54, 1.807) is 5.38 Å². The molecule has 0 spiro atoms. The van der Waals surface area contributed by atoms with Crippen LogP contribution in [0.25, 0.3) is 0 Å². The van der Waals surface area contributed by atoms with Crippen LogP contribution in [0, 0.1) is 5.92 Å². The Kier molecular flexibility index (Phi) is 3.27. The first-order valence-electron chi connectivity index (χ1n) is 5.07. The highest BCUT2D eigenvalue weighted by molar-refractivity contribution is 7.03. The number of hydrogen-bond acceptors (Lipinski definition) is 5. The fraction of sp³-hybridized carbons (Fsp3) is 0.667. The van der Waals surface area contributed by atoms with Gasteiger partial charge < -0.3 is 10.6 Å². The highest BCUT2D eigenvalue weighted by atomic mass is 32.1. The number of likely N-dealkylation sites (tertiary alicyclic amines) is 1. The molecule has 0 bridgehead atoms. The molecule has 1 amide bonds. The average Bonchev–Trinajstić information content (AvgIpc) is 2.81. The molecule has 2 heterocycles. The molecule has 1 aromatic heterocycles. The lowest BCUT2D eigenvalue weighted by Gasteiger charge is -2.31. The molecule has 1 aliphatic heterocycles. The molecule has 1 aromatic rings. The number of piperidine rings is 1. The van der Waals surface area contributed by atoms with Gasteiger partial charge in [-0.05, 0) is 36.8 Å². The number of hydrogen-bond donors (Lipinski definition) is 1. The maximum atomic E-state index is 11.9. The lowest BCUT2D eigenvalue weighted by atomic mass is 9.98. The molecule has 0 saturated carbocycles. The number of nitrogens with zero attached hydrogens (tertiary/aromatic N) is 3. The van der Waals surface area contributed by atoms with Gasteiger partial charge in [0.15, 0.2) is 5.69 Å². The molecule has 0 aliphatic carbocycles. The highest BCUT2D eigenvalue weighted by Gasteiger charge is 2.24. The normalized spacial score (nSPS) is 21.7. The summed E-state index contributed by atoms with van der Waals surface area (Å²) in [5.41, 5.74) is 6.08. The van der Waals surface area contributed by atoms with E-state index in [2.05, 4.69) is 9.59 Å². The molecule has 1 saturated heterocycles. The fourth-order valence-corrected chi connectivity index (χ4v) is 2.29. The van der Waals surface area contributed by atoms with Gasteiger partial charge in [-0.1, -0.05) is 4.49 Å². The predicted octanol–water partition coefficient (Wildman–Crippen LogP) is 0.349. The third-order valence-corrected chi connectivity index (χ3v) is 3.22. The van der Waals surface area contributed by atoms with Crippen molar-refractivity contribution >= 4 is 17.4 Å². The summed E-state index contributed by atoms with van der Waals surface area (Å²) in [4.78, 5) is 13.7.